The molecular weight excluding hydrogens is 266 g/mol. The second-order valence-electron chi connectivity index (χ2n) is 5.21. The third-order valence-corrected chi connectivity index (χ3v) is 3.19. The van der Waals surface area contributed by atoms with E-state index in [4.69, 9.17) is 0 Å². The molecule has 0 saturated heterocycles. The number of nitrogens with one attached hydrogen (secondary N) is 1. The summed E-state index contributed by atoms with van der Waals surface area (Å²) in [6.07, 6.45) is 3.26. The Morgan fingerprint density at radius 1 is 1.29 bits per heavy atom. The van der Waals surface area contributed by atoms with Crippen LogP contribution in [-0.4, -0.2) is 15.5 Å². The van der Waals surface area contributed by atoms with E-state index in [0.29, 0.717) is 6.54 Å². The van der Waals surface area contributed by atoms with Crippen molar-refractivity contribution in [2.45, 2.75) is 32.9 Å². The van der Waals surface area contributed by atoms with Crippen LogP contribution in [0, 0.1) is 0 Å². The molecule has 0 fully saturated rings. The third-order valence-electron chi connectivity index (χ3n) is 3.19. The molecule has 0 unspecified atom stereocenters. The first kappa shape index (κ1) is 15.0. The highest BCUT2D eigenvalue weighted by atomic mass is 16.2. The lowest BCUT2D eigenvalue weighted by Gasteiger charge is -2.10. The normalized spacial score (nSPS) is 10.6. The lowest BCUT2D eigenvalue weighted by Crippen LogP contribution is -2.33. The highest BCUT2D eigenvalue weighted by Crippen LogP contribution is 2.10. The van der Waals surface area contributed by atoms with E-state index >= 15 is 0 Å². The monoisotopic (exact) mass is 285 g/mol. The van der Waals surface area contributed by atoms with Crippen molar-refractivity contribution in [3.63, 3.8) is 0 Å². The first-order valence-corrected chi connectivity index (χ1v) is 6.93. The Hall–Kier alpha value is -2.43. The van der Waals surface area contributed by atoms with E-state index in [-0.39, 0.29) is 18.4 Å². The molecule has 1 amide bonds. The van der Waals surface area contributed by atoms with Crippen molar-refractivity contribution in [2.24, 2.45) is 0 Å². The molecule has 2 rings (SSSR count). The Morgan fingerprint density at radius 2 is 2.00 bits per heavy atom. The smallest absolute Gasteiger partial charge is 0.347 e. The number of carbonyl (C=O) groups excluding carboxylic acids is 1. The number of amides is 1. The van der Waals surface area contributed by atoms with Gasteiger partial charge in [-0.25, -0.2) is 9.78 Å². The lowest BCUT2D eigenvalue weighted by molar-refractivity contribution is -0.121. The summed E-state index contributed by atoms with van der Waals surface area (Å²) in [5.41, 5.74) is 1.55. The Labute approximate surface area is 123 Å². The Morgan fingerprint density at radius 3 is 2.67 bits per heavy atom. The summed E-state index contributed by atoms with van der Waals surface area (Å²) in [7, 11) is 0. The van der Waals surface area contributed by atoms with E-state index in [2.05, 4.69) is 10.3 Å². The fraction of sp³-hybridized carbons (Fsp3) is 0.312. The second-order valence-corrected chi connectivity index (χ2v) is 5.21. The van der Waals surface area contributed by atoms with Gasteiger partial charge in [0.05, 0.1) is 0 Å². The van der Waals surface area contributed by atoms with Crippen LogP contribution in [0.15, 0.2) is 47.5 Å². The van der Waals surface area contributed by atoms with Gasteiger partial charge in [0.25, 0.3) is 0 Å². The molecule has 2 aromatic rings. The fourth-order valence-electron chi connectivity index (χ4n) is 1.89. The molecule has 1 aromatic heterocycles. The summed E-state index contributed by atoms with van der Waals surface area (Å²) in [5, 5.41) is 2.80. The summed E-state index contributed by atoms with van der Waals surface area (Å²) in [5.74, 6) is 0.0559. The molecule has 0 aliphatic rings. The summed E-state index contributed by atoms with van der Waals surface area (Å²) >= 11 is 0. The molecule has 21 heavy (non-hydrogen) atoms. The number of rotatable bonds is 5. The number of nitrogens with zero attached hydrogens (tertiary/aromatic N) is 2. The maximum Gasteiger partial charge on any atom is 0.347 e. The van der Waals surface area contributed by atoms with Gasteiger partial charge in [-0.05, 0) is 17.0 Å². The first-order chi connectivity index (χ1) is 10.1. The molecule has 0 bridgehead atoms. The van der Waals surface area contributed by atoms with Gasteiger partial charge in [0.2, 0.25) is 5.91 Å². The Balaban J connectivity index is 1.99. The van der Waals surface area contributed by atoms with Crippen molar-refractivity contribution in [2.75, 3.05) is 0 Å². The van der Waals surface area contributed by atoms with Crippen molar-refractivity contribution in [1.82, 2.24) is 14.9 Å². The first-order valence-electron chi connectivity index (χ1n) is 6.93. The van der Waals surface area contributed by atoms with Crippen LogP contribution in [0.5, 0.6) is 0 Å². The van der Waals surface area contributed by atoms with E-state index in [1.165, 1.54) is 4.57 Å². The van der Waals surface area contributed by atoms with Gasteiger partial charge < -0.3 is 5.32 Å². The number of benzene rings is 1. The topological polar surface area (TPSA) is 64.0 Å². The van der Waals surface area contributed by atoms with Crippen molar-refractivity contribution < 1.29 is 4.79 Å². The zero-order valence-corrected chi connectivity index (χ0v) is 12.2. The average molecular weight is 285 g/mol. The largest absolute Gasteiger partial charge is 0.350 e. The molecule has 0 radical (unpaired) electrons. The fourth-order valence-corrected chi connectivity index (χ4v) is 1.89. The SMILES string of the molecule is CC(C)c1cnc(=O)n(CC(=O)NCc2ccccc2)c1. The highest BCUT2D eigenvalue weighted by Gasteiger charge is 2.07. The van der Waals surface area contributed by atoms with Gasteiger partial charge in [0.1, 0.15) is 6.54 Å². The van der Waals surface area contributed by atoms with Crippen LogP contribution in [0.25, 0.3) is 0 Å². The van der Waals surface area contributed by atoms with Gasteiger partial charge in [-0.2, -0.15) is 0 Å². The number of hydrogen-bond acceptors (Lipinski definition) is 3. The molecular formula is C16H19N3O2. The van der Waals surface area contributed by atoms with Crippen molar-refractivity contribution in [3.05, 3.63) is 64.3 Å². The number of aromatic nitrogens is 2. The molecule has 1 N–H and O–H groups in total. The van der Waals surface area contributed by atoms with Crippen molar-refractivity contribution in [1.29, 1.82) is 0 Å². The molecule has 1 aromatic carbocycles. The zero-order chi connectivity index (χ0) is 15.2. The average Bonchev–Trinajstić information content (AvgIpc) is 2.48. The second kappa shape index (κ2) is 6.83. The molecule has 0 atom stereocenters. The maximum atomic E-state index is 11.9. The zero-order valence-electron chi connectivity index (χ0n) is 12.2. The van der Waals surface area contributed by atoms with Crippen LogP contribution in [0.2, 0.25) is 0 Å². The van der Waals surface area contributed by atoms with Crippen LogP contribution < -0.4 is 11.0 Å². The van der Waals surface area contributed by atoms with Gasteiger partial charge in [0.15, 0.2) is 0 Å². The third kappa shape index (κ3) is 4.27. The van der Waals surface area contributed by atoms with Crippen LogP contribution in [0.1, 0.15) is 30.9 Å². The molecule has 0 aliphatic heterocycles. The van der Waals surface area contributed by atoms with E-state index in [1.807, 2.05) is 44.2 Å². The van der Waals surface area contributed by atoms with Gasteiger partial charge in [-0.3, -0.25) is 9.36 Å². The van der Waals surface area contributed by atoms with Crippen LogP contribution in [0.4, 0.5) is 0 Å². The predicted octanol–water partition coefficient (Wildman–Crippen LogP) is 1.68. The molecule has 1 heterocycles. The molecule has 0 aliphatic carbocycles. The standard InChI is InChI=1S/C16H19N3O2/c1-12(2)14-9-18-16(21)19(10-14)11-15(20)17-8-13-6-4-3-5-7-13/h3-7,9-10,12H,8,11H2,1-2H3,(H,17,20). The summed E-state index contributed by atoms with van der Waals surface area (Å²) < 4.78 is 1.34. The van der Waals surface area contributed by atoms with Gasteiger partial charge in [-0.1, -0.05) is 44.2 Å². The van der Waals surface area contributed by atoms with Gasteiger partial charge in [0, 0.05) is 18.9 Å². The van der Waals surface area contributed by atoms with Crippen LogP contribution in [0.3, 0.4) is 0 Å². The molecule has 0 spiro atoms. The highest BCUT2D eigenvalue weighted by molar-refractivity contribution is 5.75. The molecule has 5 nitrogen and oxygen atoms in total. The Bertz CT molecular complexity index is 663. The van der Waals surface area contributed by atoms with E-state index in [1.54, 1.807) is 12.4 Å². The number of hydrogen-bond donors (Lipinski definition) is 1. The van der Waals surface area contributed by atoms with Crippen molar-refractivity contribution in [3.8, 4) is 0 Å². The maximum absolute atomic E-state index is 11.9. The predicted molar refractivity (Wildman–Crippen MR) is 80.9 cm³/mol. The Kier molecular flexibility index (Phi) is 4.87. The minimum Gasteiger partial charge on any atom is -0.350 e. The minimum atomic E-state index is -0.408. The summed E-state index contributed by atoms with van der Waals surface area (Å²) in [4.78, 5) is 27.4. The summed E-state index contributed by atoms with van der Waals surface area (Å²) in [6, 6.07) is 9.64. The summed E-state index contributed by atoms with van der Waals surface area (Å²) in [6.45, 7) is 4.47. The quantitative estimate of drug-likeness (QED) is 0.909. The van der Waals surface area contributed by atoms with Crippen LogP contribution in [-0.2, 0) is 17.9 Å². The number of carbonyl (C=O) groups is 1. The minimum absolute atomic E-state index is 0.0147. The van der Waals surface area contributed by atoms with E-state index < -0.39 is 5.69 Å². The van der Waals surface area contributed by atoms with E-state index in [0.717, 1.165) is 11.1 Å². The molecule has 110 valence electrons. The van der Waals surface area contributed by atoms with Crippen molar-refractivity contribution >= 4 is 5.91 Å². The van der Waals surface area contributed by atoms with Gasteiger partial charge in [-0.15, -0.1) is 0 Å². The molecule has 5 heteroatoms. The van der Waals surface area contributed by atoms with Crippen LogP contribution >= 0.6 is 0 Å². The molecule has 0 saturated carbocycles. The van der Waals surface area contributed by atoms with E-state index in [9.17, 15) is 9.59 Å². The van der Waals surface area contributed by atoms with Gasteiger partial charge >= 0.3 is 5.69 Å². The lowest BCUT2D eigenvalue weighted by atomic mass is 10.1.